The van der Waals surface area contributed by atoms with Crippen molar-refractivity contribution in [1.29, 1.82) is 0 Å². The number of carbonyl (C=O) groups is 1. The van der Waals surface area contributed by atoms with Crippen LogP contribution in [0.1, 0.15) is 22.8 Å². The van der Waals surface area contributed by atoms with Crippen LogP contribution < -0.4 is 0 Å². The van der Waals surface area contributed by atoms with E-state index in [0.717, 1.165) is 29.5 Å². The third kappa shape index (κ3) is 3.94. The minimum absolute atomic E-state index is 0.0935. The number of hydrogen-bond donors (Lipinski definition) is 0. The van der Waals surface area contributed by atoms with E-state index in [-0.39, 0.29) is 5.91 Å². The smallest absolute Gasteiger partial charge is 0.253 e. The number of rotatable bonds is 5. The van der Waals surface area contributed by atoms with Gasteiger partial charge in [-0.25, -0.2) is 0 Å². The van der Waals surface area contributed by atoms with Crippen LogP contribution in [0, 0.1) is 0 Å². The molecule has 3 heteroatoms. The Morgan fingerprint density at radius 1 is 1.05 bits per heavy atom. The maximum absolute atomic E-state index is 12.4. The van der Waals surface area contributed by atoms with Gasteiger partial charge in [-0.15, -0.1) is 0 Å². The molecule has 0 saturated heterocycles. The van der Waals surface area contributed by atoms with Crippen molar-refractivity contribution < 1.29 is 4.79 Å². The van der Waals surface area contributed by atoms with Gasteiger partial charge in [0.15, 0.2) is 0 Å². The average molecular weight is 332 g/mol. The largest absolute Gasteiger partial charge is 0.339 e. The number of benzene rings is 2. The summed E-state index contributed by atoms with van der Waals surface area (Å²) in [5.74, 6) is 0.0935. The molecule has 0 aromatic heterocycles. The van der Waals surface area contributed by atoms with E-state index in [1.807, 2.05) is 54.3 Å². The molecule has 0 bridgehead atoms. The van der Waals surface area contributed by atoms with Crippen molar-refractivity contribution in [1.82, 2.24) is 4.90 Å². The van der Waals surface area contributed by atoms with Crippen molar-refractivity contribution in [3.63, 3.8) is 0 Å². The van der Waals surface area contributed by atoms with Gasteiger partial charge in [0.25, 0.3) is 5.91 Å². The Morgan fingerprint density at radius 3 is 2.30 bits per heavy atom. The summed E-state index contributed by atoms with van der Waals surface area (Å²) in [5.41, 5.74) is 2.00. The SMILES string of the molecule is CCN(CCc1ccccc1)C(=O)c1ccc(Br)cc1. The summed E-state index contributed by atoms with van der Waals surface area (Å²) in [5, 5.41) is 0. The van der Waals surface area contributed by atoms with Gasteiger partial charge in [0, 0.05) is 23.1 Å². The molecule has 0 fully saturated rings. The van der Waals surface area contributed by atoms with E-state index in [9.17, 15) is 4.79 Å². The van der Waals surface area contributed by atoms with Gasteiger partial charge in [-0.2, -0.15) is 0 Å². The summed E-state index contributed by atoms with van der Waals surface area (Å²) >= 11 is 3.39. The lowest BCUT2D eigenvalue weighted by molar-refractivity contribution is 0.0766. The van der Waals surface area contributed by atoms with E-state index in [4.69, 9.17) is 0 Å². The van der Waals surface area contributed by atoms with Crippen molar-refractivity contribution in [2.24, 2.45) is 0 Å². The molecule has 104 valence electrons. The second kappa shape index (κ2) is 7.25. The third-order valence-corrected chi connectivity index (χ3v) is 3.80. The molecule has 0 atom stereocenters. The van der Waals surface area contributed by atoms with Gasteiger partial charge in [-0.1, -0.05) is 46.3 Å². The molecule has 0 N–H and O–H groups in total. The molecule has 2 aromatic carbocycles. The summed E-state index contributed by atoms with van der Waals surface area (Å²) in [7, 11) is 0. The molecular weight excluding hydrogens is 314 g/mol. The molecule has 0 spiro atoms. The van der Waals surface area contributed by atoms with E-state index >= 15 is 0 Å². The quantitative estimate of drug-likeness (QED) is 0.805. The van der Waals surface area contributed by atoms with E-state index in [2.05, 4.69) is 28.1 Å². The predicted molar refractivity (Wildman–Crippen MR) is 85.9 cm³/mol. The lowest BCUT2D eigenvalue weighted by Gasteiger charge is -2.21. The first-order valence-corrected chi connectivity index (χ1v) is 7.58. The number of halogens is 1. The first kappa shape index (κ1) is 14.8. The first-order valence-electron chi connectivity index (χ1n) is 6.79. The highest BCUT2D eigenvalue weighted by atomic mass is 79.9. The lowest BCUT2D eigenvalue weighted by Crippen LogP contribution is -2.32. The minimum Gasteiger partial charge on any atom is -0.339 e. The molecule has 2 nitrogen and oxygen atoms in total. The summed E-state index contributed by atoms with van der Waals surface area (Å²) in [6.45, 7) is 3.49. The van der Waals surface area contributed by atoms with Crippen LogP contribution in [0.3, 0.4) is 0 Å². The zero-order valence-corrected chi connectivity index (χ0v) is 13.1. The third-order valence-electron chi connectivity index (χ3n) is 3.27. The molecule has 0 saturated carbocycles. The molecule has 0 aliphatic heterocycles. The van der Waals surface area contributed by atoms with Crippen LogP contribution in [0.4, 0.5) is 0 Å². The van der Waals surface area contributed by atoms with Crippen molar-refractivity contribution >= 4 is 21.8 Å². The zero-order valence-electron chi connectivity index (χ0n) is 11.6. The van der Waals surface area contributed by atoms with Crippen LogP contribution in [0.5, 0.6) is 0 Å². The van der Waals surface area contributed by atoms with Gasteiger partial charge >= 0.3 is 0 Å². The number of hydrogen-bond acceptors (Lipinski definition) is 1. The molecule has 2 aromatic rings. The Bertz CT molecular complexity index is 551. The van der Waals surface area contributed by atoms with Gasteiger partial charge in [-0.3, -0.25) is 4.79 Å². The maximum atomic E-state index is 12.4. The number of carbonyl (C=O) groups excluding carboxylic acids is 1. The summed E-state index contributed by atoms with van der Waals surface area (Å²) < 4.78 is 0.987. The number of amides is 1. The molecule has 0 aliphatic carbocycles. The van der Waals surface area contributed by atoms with Crippen LogP contribution in [-0.4, -0.2) is 23.9 Å². The molecule has 2 rings (SSSR count). The van der Waals surface area contributed by atoms with Gasteiger partial charge in [0.05, 0.1) is 0 Å². The fourth-order valence-electron chi connectivity index (χ4n) is 2.09. The van der Waals surface area contributed by atoms with Gasteiger partial charge in [-0.05, 0) is 43.2 Å². The zero-order chi connectivity index (χ0) is 14.4. The second-order valence-electron chi connectivity index (χ2n) is 4.63. The Hall–Kier alpha value is -1.61. The van der Waals surface area contributed by atoms with E-state index in [0.29, 0.717) is 0 Å². The van der Waals surface area contributed by atoms with Gasteiger partial charge in [0.1, 0.15) is 0 Å². The molecule has 0 aliphatic rings. The van der Waals surface area contributed by atoms with Gasteiger partial charge in [0.2, 0.25) is 0 Å². The minimum atomic E-state index is 0.0935. The van der Waals surface area contributed by atoms with E-state index in [1.165, 1.54) is 5.56 Å². The highest BCUT2D eigenvalue weighted by molar-refractivity contribution is 9.10. The molecule has 0 unspecified atom stereocenters. The fraction of sp³-hybridized carbons (Fsp3) is 0.235. The van der Waals surface area contributed by atoms with Crippen LogP contribution >= 0.6 is 15.9 Å². The normalized spacial score (nSPS) is 10.3. The Morgan fingerprint density at radius 2 is 1.70 bits per heavy atom. The average Bonchev–Trinajstić information content (AvgIpc) is 2.49. The molecule has 1 amide bonds. The summed E-state index contributed by atoms with van der Waals surface area (Å²) in [6, 6.07) is 17.8. The predicted octanol–water partition coefficient (Wildman–Crippen LogP) is 4.15. The van der Waals surface area contributed by atoms with Crippen LogP contribution in [0.2, 0.25) is 0 Å². The maximum Gasteiger partial charge on any atom is 0.253 e. The number of nitrogens with zero attached hydrogens (tertiary/aromatic N) is 1. The monoisotopic (exact) mass is 331 g/mol. The van der Waals surface area contributed by atoms with Crippen molar-refractivity contribution in [2.75, 3.05) is 13.1 Å². The van der Waals surface area contributed by atoms with Gasteiger partial charge < -0.3 is 4.90 Å². The molecule has 0 radical (unpaired) electrons. The summed E-state index contributed by atoms with van der Waals surface area (Å²) in [4.78, 5) is 14.3. The van der Waals surface area contributed by atoms with Crippen molar-refractivity contribution in [2.45, 2.75) is 13.3 Å². The Balaban J connectivity index is 2.00. The molecule has 0 heterocycles. The highest BCUT2D eigenvalue weighted by Gasteiger charge is 2.13. The fourth-order valence-corrected chi connectivity index (χ4v) is 2.35. The standard InChI is InChI=1S/C17H18BrNO/c1-2-19(13-12-14-6-4-3-5-7-14)17(20)15-8-10-16(18)11-9-15/h3-11H,2,12-13H2,1H3. The topological polar surface area (TPSA) is 20.3 Å². The molecule has 20 heavy (non-hydrogen) atoms. The van der Waals surface area contributed by atoms with E-state index < -0.39 is 0 Å². The number of likely N-dealkylation sites (N-methyl/N-ethyl adjacent to an activating group) is 1. The Labute approximate surface area is 128 Å². The van der Waals surface area contributed by atoms with Crippen LogP contribution in [0.25, 0.3) is 0 Å². The molecular formula is C17H18BrNO. The summed E-state index contributed by atoms with van der Waals surface area (Å²) in [6.07, 6.45) is 0.886. The lowest BCUT2D eigenvalue weighted by atomic mass is 10.1. The van der Waals surface area contributed by atoms with Crippen LogP contribution in [-0.2, 0) is 6.42 Å². The van der Waals surface area contributed by atoms with Crippen LogP contribution in [0.15, 0.2) is 59.1 Å². The van der Waals surface area contributed by atoms with Crippen molar-refractivity contribution in [3.8, 4) is 0 Å². The second-order valence-corrected chi connectivity index (χ2v) is 5.54. The van der Waals surface area contributed by atoms with E-state index in [1.54, 1.807) is 0 Å². The highest BCUT2D eigenvalue weighted by Crippen LogP contribution is 2.13. The Kier molecular flexibility index (Phi) is 5.36. The van der Waals surface area contributed by atoms with Crippen molar-refractivity contribution in [3.05, 3.63) is 70.2 Å². The first-order chi connectivity index (χ1) is 9.70.